The minimum atomic E-state index is -3.88. The second-order valence-corrected chi connectivity index (χ2v) is 6.68. The molecule has 0 aliphatic heterocycles. The van der Waals surface area contributed by atoms with Gasteiger partial charge in [0.05, 0.1) is 11.5 Å². The van der Waals surface area contributed by atoms with Crippen LogP contribution in [0.25, 0.3) is 0 Å². The molecule has 0 unspecified atom stereocenters. The molecule has 128 valence electrons. The van der Waals surface area contributed by atoms with Crippen molar-refractivity contribution in [3.05, 3.63) is 29.8 Å². The van der Waals surface area contributed by atoms with Crippen LogP contribution >= 0.6 is 0 Å². The fourth-order valence-corrected chi connectivity index (χ4v) is 2.70. The van der Waals surface area contributed by atoms with Gasteiger partial charge in [-0.3, -0.25) is 4.79 Å². The molecule has 0 saturated heterocycles. The lowest BCUT2D eigenvalue weighted by molar-refractivity contribution is -0.122. The molecule has 0 aromatic heterocycles. The highest BCUT2D eigenvalue weighted by molar-refractivity contribution is 7.90. The largest absolute Gasteiger partial charge is 0.450 e. The van der Waals surface area contributed by atoms with Crippen molar-refractivity contribution in [1.82, 2.24) is 10.0 Å². The van der Waals surface area contributed by atoms with Gasteiger partial charge in [-0.1, -0.05) is 26.0 Å². The van der Waals surface area contributed by atoms with Crippen molar-refractivity contribution in [2.24, 2.45) is 5.92 Å². The molecule has 2 amide bonds. The Morgan fingerprint density at radius 1 is 1.17 bits per heavy atom. The van der Waals surface area contributed by atoms with E-state index >= 15 is 0 Å². The number of benzene rings is 1. The van der Waals surface area contributed by atoms with Gasteiger partial charge in [0.2, 0.25) is 5.91 Å². The third kappa shape index (κ3) is 5.90. The maximum Gasteiger partial charge on any atom is 0.407 e. The number of carbonyl (C=O) groups is 2. The number of nitrogens with one attached hydrogen (secondary N) is 2. The normalized spacial score (nSPS) is 12.3. The van der Waals surface area contributed by atoms with Gasteiger partial charge in [0.15, 0.2) is 0 Å². The predicted molar refractivity (Wildman–Crippen MR) is 85.1 cm³/mol. The topological polar surface area (TPSA) is 102 Å². The molecule has 0 radical (unpaired) electrons. The molecule has 0 aliphatic rings. The fraction of sp³-hybridized carbons (Fsp3) is 0.467. The Balaban J connectivity index is 2.71. The second-order valence-electron chi connectivity index (χ2n) is 5.00. The monoisotopic (exact) mass is 342 g/mol. The van der Waals surface area contributed by atoms with Crippen molar-refractivity contribution in [3.8, 4) is 0 Å². The van der Waals surface area contributed by atoms with Gasteiger partial charge in [0.1, 0.15) is 0 Å². The first-order valence-corrected chi connectivity index (χ1v) is 8.84. The van der Waals surface area contributed by atoms with Crippen molar-refractivity contribution in [3.63, 3.8) is 0 Å². The molecule has 0 spiro atoms. The average molecular weight is 342 g/mol. The van der Waals surface area contributed by atoms with Crippen LogP contribution in [-0.4, -0.2) is 27.0 Å². The van der Waals surface area contributed by atoms with Gasteiger partial charge in [-0.25, -0.2) is 17.9 Å². The first kappa shape index (κ1) is 19.0. The Bertz CT molecular complexity index is 640. The molecule has 0 heterocycles. The van der Waals surface area contributed by atoms with Crippen LogP contribution in [-0.2, 0) is 26.1 Å². The van der Waals surface area contributed by atoms with Gasteiger partial charge in [0, 0.05) is 12.5 Å². The number of alkyl carbamates (subject to hydrolysis) is 1. The summed E-state index contributed by atoms with van der Waals surface area (Å²) >= 11 is 0. The summed E-state index contributed by atoms with van der Waals surface area (Å²) in [5.74, 6) is -0.904. The molecule has 0 aliphatic carbocycles. The number of amides is 2. The maximum absolute atomic E-state index is 12.1. The summed E-state index contributed by atoms with van der Waals surface area (Å²) in [6, 6.07) is 5.89. The average Bonchev–Trinajstić information content (AvgIpc) is 2.52. The zero-order valence-electron chi connectivity index (χ0n) is 13.5. The summed E-state index contributed by atoms with van der Waals surface area (Å²) in [5, 5.41) is 2.53. The quantitative estimate of drug-likeness (QED) is 0.786. The van der Waals surface area contributed by atoms with Gasteiger partial charge >= 0.3 is 6.09 Å². The standard InChI is InChI=1S/C15H22N2O5S/c1-4-11(3)14(18)17-23(20,21)13-8-6-12(7-9-13)10-16-15(19)22-5-2/h6-9,11H,4-5,10H2,1-3H3,(H,16,19)(H,17,18)/t11-/m1/s1. The van der Waals surface area contributed by atoms with Crippen LogP contribution in [0.3, 0.4) is 0 Å². The third-order valence-electron chi connectivity index (χ3n) is 3.24. The van der Waals surface area contributed by atoms with E-state index in [9.17, 15) is 18.0 Å². The zero-order valence-corrected chi connectivity index (χ0v) is 14.3. The highest BCUT2D eigenvalue weighted by atomic mass is 32.2. The summed E-state index contributed by atoms with van der Waals surface area (Å²) in [6.45, 7) is 5.67. The lowest BCUT2D eigenvalue weighted by Crippen LogP contribution is -2.34. The Kier molecular flexibility index (Phi) is 7.02. The molecular formula is C15H22N2O5S. The molecule has 1 aromatic carbocycles. The van der Waals surface area contributed by atoms with E-state index < -0.39 is 22.0 Å². The highest BCUT2D eigenvalue weighted by Gasteiger charge is 2.20. The number of carbonyl (C=O) groups excluding carboxylic acids is 2. The summed E-state index contributed by atoms with van der Waals surface area (Å²) in [4.78, 5) is 22.9. The van der Waals surface area contributed by atoms with Crippen molar-refractivity contribution in [2.45, 2.75) is 38.6 Å². The number of sulfonamides is 1. The second kappa shape index (κ2) is 8.52. The van der Waals surface area contributed by atoms with Crippen LogP contribution in [0.1, 0.15) is 32.8 Å². The van der Waals surface area contributed by atoms with Gasteiger partial charge in [-0.2, -0.15) is 0 Å². The highest BCUT2D eigenvalue weighted by Crippen LogP contribution is 2.12. The van der Waals surface area contributed by atoms with E-state index in [-0.39, 0.29) is 24.0 Å². The van der Waals surface area contributed by atoms with E-state index in [4.69, 9.17) is 4.74 Å². The van der Waals surface area contributed by atoms with E-state index in [1.807, 2.05) is 6.92 Å². The molecule has 0 fully saturated rings. The summed E-state index contributed by atoms with van der Waals surface area (Å²) in [5.41, 5.74) is 0.713. The van der Waals surface area contributed by atoms with E-state index in [0.29, 0.717) is 12.0 Å². The Morgan fingerprint density at radius 2 is 1.78 bits per heavy atom. The Morgan fingerprint density at radius 3 is 2.30 bits per heavy atom. The first-order chi connectivity index (χ1) is 10.8. The van der Waals surface area contributed by atoms with Crippen molar-refractivity contribution < 1.29 is 22.7 Å². The van der Waals surface area contributed by atoms with E-state index in [1.165, 1.54) is 12.1 Å². The van der Waals surface area contributed by atoms with Crippen LogP contribution in [0.2, 0.25) is 0 Å². The molecule has 23 heavy (non-hydrogen) atoms. The molecule has 7 nitrogen and oxygen atoms in total. The number of rotatable bonds is 7. The van der Waals surface area contributed by atoms with Crippen LogP contribution in [0.5, 0.6) is 0 Å². The number of ether oxygens (including phenoxy) is 1. The third-order valence-corrected chi connectivity index (χ3v) is 4.60. The smallest absolute Gasteiger partial charge is 0.407 e. The summed E-state index contributed by atoms with van der Waals surface area (Å²) < 4.78 is 31.0. The van der Waals surface area contributed by atoms with Crippen molar-refractivity contribution in [2.75, 3.05) is 6.61 Å². The van der Waals surface area contributed by atoms with Crippen molar-refractivity contribution >= 4 is 22.0 Å². The molecule has 8 heteroatoms. The minimum Gasteiger partial charge on any atom is -0.450 e. The fourth-order valence-electron chi connectivity index (χ4n) is 1.62. The van der Waals surface area contributed by atoms with Gasteiger partial charge < -0.3 is 10.1 Å². The summed E-state index contributed by atoms with van der Waals surface area (Å²) in [6.07, 6.45) is 0.0184. The molecule has 1 rings (SSSR count). The number of hydrogen-bond donors (Lipinski definition) is 2. The lowest BCUT2D eigenvalue weighted by atomic mass is 10.1. The minimum absolute atomic E-state index is 0.00552. The van der Waals surface area contributed by atoms with Gasteiger partial charge in [-0.15, -0.1) is 0 Å². The SMILES string of the molecule is CCOC(=O)NCc1ccc(S(=O)(=O)NC(=O)[C@H](C)CC)cc1. The van der Waals surface area contributed by atoms with Gasteiger partial charge in [-0.05, 0) is 31.0 Å². The molecule has 1 atom stereocenters. The molecule has 1 aromatic rings. The molecule has 0 bridgehead atoms. The van der Waals surface area contributed by atoms with E-state index in [0.717, 1.165) is 0 Å². The molecule has 0 saturated carbocycles. The molecule has 2 N–H and O–H groups in total. The first-order valence-electron chi connectivity index (χ1n) is 7.36. The van der Waals surface area contributed by atoms with Gasteiger partial charge in [0.25, 0.3) is 10.0 Å². The predicted octanol–water partition coefficient (Wildman–Crippen LogP) is 1.78. The lowest BCUT2D eigenvalue weighted by Gasteiger charge is -2.11. The van der Waals surface area contributed by atoms with Crippen LogP contribution in [0.15, 0.2) is 29.2 Å². The summed E-state index contributed by atoms with van der Waals surface area (Å²) in [7, 11) is -3.88. The van der Waals surface area contributed by atoms with E-state index in [2.05, 4.69) is 10.0 Å². The van der Waals surface area contributed by atoms with Crippen molar-refractivity contribution in [1.29, 1.82) is 0 Å². The van der Waals surface area contributed by atoms with Crippen LogP contribution in [0, 0.1) is 5.92 Å². The number of hydrogen-bond acceptors (Lipinski definition) is 5. The molecular weight excluding hydrogens is 320 g/mol. The zero-order chi connectivity index (χ0) is 17.5. The maximum atomic E-state index is 12.1. The van der Waals surface area contributed by atoms with E-state index in [1.54, 1.807) is 26.0 Å². The van der Waals surface area contributed by atoms with Crippen LogP contribution < -0.4 is 10.0 Å². The Hall–Kier alpha value is -2.09. The van der Waals surface area contributed by atoms with Crippen LogP contribution in [0.4, 0.5) is 4.79 Å². The Labute approximate surface area is 136 Å².